The molecule has 0 bridgehead atoms. The third kappa shape index (κ3) is 4.61. The zero-order valence-electron chi connectivity index (χ0n) is 16.7. The normalized spacial score (nSPS) is 21.6. The molecule has 2 aliphatic rings. The van der Waals surface area contributed by atoms with Crippen LogP contribution in [-0.2, 0) is 4.74 Å². The lowest BCUT2D eigenvalue weighted by Gasteiger charge is -2.47. The minimum Gasteiger partial charge on any atom is -0.450 e. The summed E-state index contributed by atoms with van der Waals surface area (Å²) >= 11 is 6.43. The van der Waals surface area contributed by atoms with Crippen LogP contribution in [0.3, 0.4) is 0 Å². The highest BCUT2D eigenvalue weighted by Crippen LogP contribution is 2.30. The maximum atomic E-state index is 11.9. The van der Waals surface area contributed by atoms with Gasteiger partial charge in [-0.1, -0.05) is 18.5 Å². The highest BCUT2D eigenvalue weighted by atomic mass is 35.5. The van der Waals surface area contributed by atoms with Gasteiger partial charge in [0.05, 0.1) is 23.5 Å². The molecule has 0 unspecified atom stereocenters. The lowest BCUT2D eigenvalue weighted by Crippen LogP contribution is -2.58. The minimum atomic E-state index is -0.186. The van der Waals surface area contributed by atoms with Gasteiger partial charge in [-0.2, -0.15) is 0 Å². The van der Waals surface area contributed by atoms with Gasteiger partial charge in [0.1, 0.15) is 5.82 Å². The van der Waals surface area contributed by atoms with E-state index in [1.165, 1.54) is 0 Å². The van der Waals surface area contributed by atoms with E-state index < -0.39 is 0 Å². The summed E-state index contributed by atoms with van der Waals surface area (Å²) in [6.07, 6.45) is 4.57. The molecule has 9 heteroatoms. The molecule has 1 aromatic rings. The van der Waals surface area contributed by atoms with Crippen molar-refractivity contribution in [3.8, 4) is 0 Å². The summed E-state index contributed by atoms with van der Waals surface area (Å²) < 4.78 is 5.13. The number of nitrogens with two attached hydrogens (primary N) is 1. The summed E-state index contributed by atoms with van der Waals surface area (Å²) in [6.45, 7) is 8.78. The highest BCUT2D eigenvalue weighted by Gasteiger charge is 2.34. The first kappa shape index (κ1) is 21.0. The number of halogens is 1. The number of aromatic nitrogens is 1. The van der Waals surface area contributed by atoms with Gasteiger partial charge in [-0.3, -0.25) is 10.7 Å². The summed E-state index contributed by atoms with van der Waals surface area (Å²) in [4.78, 5) is 23.1. The Kier molecular flexibility index (Phi) is 7.20. The first-order valence-corrected chi connectivity index (χ1v) is 10.5. The molecule has 0 saturated carbocycles. The number of hydrazine groups is 1. The van der Waals surface area contributed by atoms with Crippen LogP contribution < -0.4 is 16.2 Å². The van der Waals surface area contributed by atoms with Crippen LogP contribution in [0.1, 0.15) is 33.1 Å². The van der Waals surface area contributed by atoms with E-state index >= 15 is 0 Å². The molecule has 0 aliphatic carbocycles. The van der Waals surface area contributed by atoms with Crippen LogP contribution in [0.5, 0.6) is 0 Å². The van der Waals surface area contributed by atoms with E-state index in [4.69, 9.17) is 22.2 Å². The van der Waals surface area contributed by atoms with Crippen LogP contribution in [0.15, 0.2) is 12.3 Å². The van der Waals surface area contributed by atoms with Crippen LogP contribution in [0, 0.1) is 0 Å². The Morgan fingerprint density at radius 1 is 1.32 bits per heavy atom. The van der Waals surface area contributed by atoms with Crippen molar-refractivity contribution in [1.82, 2.24) is 14.8 Å². The number of likely N-dealkylation sites (tertiary alicyclic amines) is 1. The zero-order valence-corrected chi connectivity index (χ0v) is 17.5. The lowest BCUT2D eigenvalue weighted by molar-refractivity contribution is 0.0522. The Morgan fingerprint density at radius 2 is 2.07 bits per heavy atom. The van der Waals surface area contributed by atoms with Crippen LogP contribution in [0.2, 0.25) is 5.02 Å². The quantitative estimate of drug-likeness (QED) is 0.569. The number of carbonyl (C=O) groups is 1. The Bertz CT molecular complexity index is 668. The lowest BCUT2D eigenvalue weighted by atomic mass is 9.98. The molecule has 1 aromatic heterocycles. The molecule has 1 atom stereocenters. The van der Waals surface area contributed by atoms with Crippen LogP contribution in [0.25, 0.3) is 0 Å². The number of nitrogens with zero attached hydrogens (tertiary/aromatic N) is 4. The SMILES string of the molecule is CCOC(=O)N1CCC(N2CCN(c3ncc(NN)cc3Cl)C[C@@H]2CC)CC1. The number of piperazine rings is 1. The summed E-state index contributed by atoms with van der Waals surface area (Å²) in [6, 6.07) is 2.76. The van der Waals surface area contributed by atoms with Crippen LogP contribution >= 0.6 is 11.6 Å². The largest absolute Gasteiger partial charge is 0.450 e. The number of hydrogen-bond donors (Lipinski definition) is 2. The van der Waals surface area contributed by atoms with Crippen molar-refractivity contribution in [2.45, 2.75) is 45.2 Å². The summed E-state index contributed by atoms with van der Waals surface area (Å²) in [5.74, 6) is 6.25. The highest BCUT2D eigenvalue weighted by molar-refractivity contribution is 6.33. The molecule has 3 heterocycles. The second-order valence-electron chi connectivity index (χ2n) is 7.34. The van der Waals surface area contributed by atoms with Gasteiger partial charge in [-0.05, 0) is 32.3 Å². The van der Waals surface area contributed by atoms with Crippen LogP contribution in [0.4, 0.5) is 16.3 Å². The number of piperidine rings is 1. The smallest absolute Gasteiger partial charge is 0.409 e. The number of amides is 1. The van der Waals surface area contributed by atoms with Crippen molar-refractivity contribution in [3.05, 3.63) is 17.3 Å². The molecule has 2 fully saturated rings. The molecule has 0 spiro atoms. The van der Waals surface area contributed by atoms with Gasteiger partial charge < -0.3 is 20.0 Å². The second kappa shape index (κ2) is 9.62. The second-order valence-corrected chi connectivity index (χ2v) is 7.74. The fraction of sp³-hybridized carbons (Fsp3) is 0.684. The van der Waals surface area contributed by atoms with Crippen LogP contribution in [-0.4, -0.2) is 72.3 Å². The van der Waals surface area contributed by atoms with E-state index in [0.717, 1.165) is 57.8 Å². The third-order valence-electron chi connectivity index (χ3n) is 5.75. The van der Waals surface area contributed by atoms with Gasteiger partial charge >= 0.3 is 6.09 Å². The fourth-order valence-electron chi connectivity index (χ4n) is 4.24. The molecule has 156 valence electrons. The van der Waals surface area contributed by atoms with E-state index in [0.29, 0.717) is 29.4 Å². The first-order chi connectivity index (χ1) is 13.6. The fourth-order valence-corrected chi connectivity index (χ4v) is 4.53. The molecule has 3 rings (SSSR count). The number of nitrogen functional groups attached to an aromatic ring is 1. The van der Waals surface area contributed by atoms with Crippen molar-refractivity contribution in [2.75, 3.05) is 49.7 Å². The van der Waals surface area contributed by atoms with Gasteiger partial charge in [0.2, 0.25) is 0 Å². The van der Waals surface area contributed by atoms with Gasteiger partial charge in [0, 0.05) is 44.8 Å². The average Bonchev–Trinajstić information content (AvgIpc) is 2.73. The molecule has 8 nitrogen and oxygen atoms in total. The molecule has 1 amide bonds. The topological polar surface area (TPSA) is 87.0 Å². The van der Waals surface area contributed by atoms with Gasteiger partial charge in [0.15, 0.2) is 0 Å². The number of hydrogen-bond acceptors (Lipinski definition) is 7. The summed E-state index contributed by atoms with van der Waals surface area (Å²) in [5.41, 5.74) is 3.28. The van der Waals surface area contributed by atoms with Crippen molar-refractivity contribution >= 4 is 29.2 Å². The van der Waals surface area contributed by atoms with Crippen molar-refractivity contribution in [1.29, 1.82) is 0 Å². The third-order valence-corrected chi connectivity index (χ3v) is 6.03. The first-order valence-electron chi connectivity index (χ1n) is 10.1. The number of rotatable bonds is 5. The summed E-state index contributed by atoms with van der Waals surface area (Å²) in [5, 5.41) is 0.612. The molecule has 2 saturated heterocycles. The predicted molar refractivity (Wildman–Crippen MR) is 112 cm³/mol. The van der Waals surface area contributed by atoms with Gasteiger partial charge in [-0.25, -0.2) is 9.78 Å². The Balaban J connectivity index is 1.60. The molecular formula is C19H31ClN6O2. The maximum Gasteiger partial charge on any atom is 0.409 e. The maximum absolute atomic E-state index is 11.9. The number of nitrogens with one attached hydrogen (secondary N) is 1. The Hall–Kier alpha value is -1.77. The molecule has 28 heavy (non-hydrogen) atoms. The number of pyridine rings is 1. The standard InChI is InChI=1S/C19H31ClN6O2/c1-3-15-13-25(18-17(20)11-14(23-21)12-22-18)9-10-26(15)16-5-7-24(8-6-16)19(27)28-4-2/h11-12,15-16,23H,3-10,13,21H2,1-2H3/t15-/m0/s1. The molecule has 0 aromatic carbocycles. The number of anilines is 2. The predicted octanol–water partition coefficient (Wildman–Crippen LogP) is 2.54. The Morgan fingerprint density at radius 3 is 2.68 bits per heavy atom. The van der Waals surface area contributed by atoms with E-state index in [-0.39, 0.29) is 6.09 Å². The summed E-state index contributed by atoms with van der Waals surface area (Å²) in [7, 11) is 0. The van der Waals surface area contributed by atoms with Crippen molar-refractivity contribution in [3.63, 3.8) is 0 Å². The van der Waals surface area contributed by atoms with E-state index in [1.54, 1.807) is 6.20 Å². The number of ether oxygens (including phenoxy) is 1. The Labute approximate surface area is 171 Å². The number of carbonyl (C=O) groups excluding carboxylic acids is 1. The molecular weight excluding hydrogens is 380 g/mol. The zero-order chi connectivity index (χ0) is 20.1. The van der Waals surface area contributed by atoms with Gasteiger partial charge in [0.25, 0.3) is 0 Å². The van der Waals surface area contributed by atoms with Crippen molar-refractivity contribution in [2.24, 2.45) is 5.84 Å². The van der Waals surface area contributed by atoms with E-state index in [2.05, 4.69) is 27.1 Å². The van der Waals surface area contributed by atoms with Gasteiger partial charge in [-0.15, -0.1) is 0 Å². The molecule has 0 radical (unpaired) electrons. The van der Waals surface area contributed by atoms with Crippen molar-refractivity contribution < 1.29 is 9.53 Å². The molecule has 2 aliphatic heterocycles. The van der Waals surface area contributed by atoms with E-state index in [9.17, 15) is 4.79 Å². The monoisotopic (exact) mass is 410 g/mol. The molecule has 3 N–H and O–H groups in total. The van der Waals surface area contributed by atoms with E-state index in [1.807, 2.05) is 17.9 Å². The minimum absolute atomic E-state index is 0.186. The average molecular weight is 411 g/mol.